The molecule has 4 rings (SSSR count). The summed E-state index contributed by atoms with van der Waals surface area (Å²) in [5.74, 6) is 1.05. The van der Waals surface area contributed by atoms with Crippen LogP contribution < -0.4 is 10.1 Å². The highest BCUT2D eigenvalue weighted by molar-refractivity contribution is 9.10. The molecule has 0 bridgehead atoms. The summed E-state index contributed by atoms with van der Waals surface area (Å²) in [4.78, 5) is 17.6. The molecule has 1 atom stereocenters. The van der Waals surface area contributed by atoms with Gasteiger partial charge in [-0.05, 0) is 66.4 Å². The highest BCUT2D eigenvalue weighted by Gasteiger charge is 2.17. The number of fused-ring (bicyclic) bond motifs is 1. The van der Waals surface area contributed by atoms with Crippen molar-refractivity contribution in [1.29, 1.82) is 0 Å². The van der Waals surface area contributed by atoms with Crippen molar-refractivity contribution in [2.45, 2.75) is 26.2 Å². The van der Waals surface area contributed by atoms with Gasteiger partial charge < -0.3 is 14.5 Å². The summed E-state index contributed by atoms with van der Waals surface area (Å²) in [5, 5.41) is 3.27. The number of amides is 1. The van der Waals surface area contributed by atoms with Crippen LogP contribution in [0.4, 0.5) is 5.69 Å². The molecule has 1 amide bonds. The summed E-state index contributed by atoms with van der Waals surface area (Å²) in [6.45, 7) is 4.35. The first-order chi connectivity index (χ1) is 15.4. The van der Waals surface area contributed by atoms with Gasteiger partial charge in [0.2, 0.25) is 5.89 Å². The number of carbonyl (C=O) groups is 1. The third-order valence-corrected chi connectivity index (χ3v) is 6.28. The molecule has 1 heterocycles. The third-order valence-electron chi connectivity index (χ3n) is 5.46. The lowest BCUT2D eigenvalue weighted by molar-refractivity contribution is 0.102. The molecule has 0 spiro atoms. The molecule has 5 nitrogen and oxygen atoms in total. The van der Waals surface area contributed by atoms with E-state index in [4.69, 9.17) is 20.8 Å². The minimum absolute atomic E-state index is 0.335. The van der Waals surface area contributed by atoms with Gasteiger partial charge in [0.15, 0.2) is 5.58 Å². The lowest BCUT2D eigenvalue weighted by Gasteiger charge is -2.11. The molecule has 0 saturated carbocycles. The molecular formula is C25H22BrClN2O3. The van der Waals surface area contributed by atoms with Gasteiger partial charge >= 0.3 is 0 Å². The van der Waals surface area contributed by atoms with Crippen LogP contribution in [0.3, 0.4) is 0 Å². The van der Waals surface area contributed by atoms with Crippen LogP contribution in [0.1, 0.15) is 42.1 Å². The molecule has 164 valence electrons. The largest absolute Gasteiger partial charge is 0.496 e. The fourth-order valence-corrected chi connectivity index (χ4v) is 3.94. The Labute approximate surface area is 199 Å². The van der Waals surface area contributed by atoms with Crippen molar-refractivity contribution in [3.63, 3.8) is 0 Å². The number of hydrogen-bond acceptors (Lipinski definition) is 4. The minimum atomic E-state index is -0.335. The average molecular weight is 514 g/mol. The van der Waals surface area contributed by atoms with E-state index in [9.17, 15) is 4.79 Å². The molecule has 7 heteroatoms. The van der Waals surface area contributed by atoms with Crippen LogP contribution in [0.15, 0.2) is 63.5 Å². The molecule has 0 saturated heterocycles. The molecule has 0 fully saturated rings. The maximum atomic E-state index is 12.9. The zero-order chi connectivity index (χ0) is 22.8. The zero-order valence-electron chi connectivity index (χ0n) is 17.9. The number of anilines is 1. The smallest absolute Gasteiger partial charge is 0.259 e. The molecule has 1 N–H and O–H groups in total. The zero-order valence-corrected chi connectivity index (χ0v) is 20.3. The van der Waals surface area contributed by atoms with Crippen molar-refractivity contribution in [3.8, 4) is 17.2 Å². The predicted molar refractivity (Wildman–Crippen MR) is 132 cm³/mol. The Bertz CT molecular complexity index is 1300. The van der Waals surface area contributed by atoms with Gasteiger partial charge in [-0.2, -0.15) is 0 Å². The van der Waals surface area contributed by atoms with Gasteiger partial charge in [0.05, 0.1) is 23.4 Å². The number of nitrogens with one attached hydrogen (secondary N) is 1. The van der Waals surface area contributed by atoms with Crippen molar-refractivity contribution in [2.75, 3.05) is 12.4 Å². The quantitative estimate of drug-likeness (QED) is 0.287. The van der Waals surface area contributed by atoms with Gasteiger partial charge in [-0.25, -0.2) is 4.98 Å². The number of hydrogen-bond donors (Lipinski definition) is 1. The maximum absolute atomic E-state index is 12.9. The fraction of sp³-hybridized carbons (Fsp3) is 0.200. The molecular weight excluding hydrogens is 492 g/mol. The Morgan fingerprint density at radius 2 is 2.00 bits per heavy atom. The Hall–Kier alpha value is -2.83. The van der Waals surface area contributed by atoms with E-state index in [0.29, 0.717) is 45.0 Å². The first kappa shape index (κ1) is 22.4. The number of nitrogens with zero attached hydrogens (tertiary/aromatic N) is 1. The van der Waals surface area contributed by atoms with E-state index in [1.807, 2.05) is 18.2 Å². The lowest BCUT2D eigenvalue weighted by Crippen LogP contribution is -2.13. The number of benzene rings is 3. The van der Waals surface area contributed by atoms with E-state index < -0.39 is 0 Å². The van der Waals surface area contributed by atoms with E-state index in [1.54, 1.807) is 24.3 Å². The fourth-order valence-electron chi connectivity index (χ4n) is 3.41. The summed E-state index contributed by atoms with van der Waals surface area (Å²) < 4.78 is 12.0. The molecule has 0 aliphatic heterocycles. The van der Waals surface area contributed by atoms with Crippen molar-refractivity contribution in [3.05, 3.63) is 75.2 Å². The number of methoxy groups -OCH3 is 1. The van der Waals surface area contributed by atoms with E-state index in [0.717, 1.165) is 16.4 Å². The van der Waals surface area contributed by atoms with Gasteiger partial charge in [-0.15, -0.1) is 0 Å². The molecule has 0 aliphatic carbocycles. The van der Waals surface area contributed by atoms with Crippen LogP contribution in [-0.2, 0) is 0 Å². The average Bonchev–Trinajstić information content (AvgIpc) is 3.23. The number of rotatable bonds is 6. The standard InChI is InChI=1S/C25H22BrClN2O3/c1-4-14(2)15-6-9-23-21(11-15)29-25(32-23)16-5-8-19(27)20(12-16)28-24(30)18-13-17(26)7-10-22(18)31-3/h5-14H,4H2,1-3H3,(H,28,30). The Morgan fingerprint density at radius 3 is 2.75 bits per heavy atom. The second kappa shape index (κ2) is 9.35. The maximum Gasteiger partial charge on any atom is 0.259 e. The molecule has 0 radical (unpaired) electrons. The van der Waals surface area contributed by atoms with E-state index in [2.05, 4.69) is 52.2 Å². The number of carbonyl (C=O) groups excluding carboxylic acids is 1. The monoisotopic (exact) mass is 512 g/mol. The van der Waals surface area contributed by atoms with Gasteiger partial charge in [-0.3, -0.25) is 4.79 Å². The third kappa shape index (κ3) is 4.52. The van der Waals surface area contributed by atoms with Crippen molar-refractivity contribution >= 4 is 50.2 Å². The number of aromatic nitrogens is 1. The number of halogens is 2. The minimum Gasteiger partial charge on any atom is -0.496 e. The van der Waals surface area contributed by atoms with Crippen LogP contribution >= 0.6 is 27.5 Å². The highest BCUT2D eigenvalue weighted by atomic mass is 79.9. The Morgan fingerprint density at radius 1 is 1.19 bits per heavy atom. The Balaban J connectivity index is 1.66. The van der Waals surface area contributed by atoms with Gasteiger partial charge in [-0.1, -0.05) is 47.4 Å². The molecule has 0 aliphatic rings. The SMILES string of the molecule is CCC(C)c1ccc2oc(-c3ccc(Cl)c(NC(=O)c4cc(Br)ccc4OC)c3)nc2c1. The van der Waals surface area contributed by atoms with E-state index >= 15 is 0 Å². The molecule has 3 aromatic carbocycles. The second-order valence-electron chi connectivity index (χ2n) is 7.55. The molecule has 4 aromatic rings. The summed E-state index contributed by atoms with van der Waals surface area (Å²) >= 11 is 9.75. The Kier molecular flexibility index (Phi) is 6.53. The number of oxazole rings is 1. The van der Waals surface area contributed by atoms with Crippen molar-refractivity contribution in [1.82, 2.24) is 4.98 Å². The first-order valence-electron chi connectivity index (χ1n) is 10.2. The van der Waals surface area contributed by atoms with Crippen LogP contribution in [0.5, 0.6) is 5.75 Å². The van der Waals surface area contributed by atoms with E-state index in [-0.39, 0.29) is 5.91 Å². The van der Waals surface area contributed by atoms with Crippen LogP contribution in [-0.4, -0.2) is 18.0 Å². The lowest BCUT2D eigenvalue weighted by atomic mass is 9.98. The topological polar surface area (TPSA) is 64.4 Å². The van der Waals surface area contributed by atoms with Crippen LogP contribution in [0, 0.1) is 0 Å². The molecule has 1 aromatic heterocycles. The summed E-state index contributed by atoms with van der Waals surface area (Å²) in [5.41, 5.74) is 4.31. The van der Waals surface area contributed by atoms with Crippen molar-refractivity contribution < 1.29 is 13.9 Å². The van der Waals surface area contributed by atoms with E-state index in [1.165, 1.54) is 12.7 Å². The highest BCUT2D eigenvalue weighted by Crippen LogP contribution is 2.33. The van der Waals surface area contributed by atoms with Crippen molar-refractivity contribution in [2.24, 2.45) is 0 Å². The van der Waals surface area contributed by atoms with Crippen LogP contribution in [0.25, 0.3) is 22.6 Å². The predicted octanol–water partition coefficient (Wildman–Crippen LogP) is 7.69. The van der Waals surface area contributed by atoms with Crippen LogP contribution in [0.2, 0.25) is 5.02 Å². The first-order valence-corrected chi connectivity index (χ1v) is 11.4. The molecule has 1 unspecified atom stereocenters. The second-order valence-corrected chi connectivity index (χ2v) is 8.87. The normalized spacial score (nSPS) is 12.0. The van der Waals surface area contributed by atoms with Gasteiger partial charge in [0.1, 0.15) is 11.3 Å². The summed E-state index contributed by atoms with van der Waals surface area (Å²) in [6, 6.07) is 16.6. The summed E-state index contributed by atoms with van der Waals surface area (Å²) in [7, 11) is 1.52. The van der Waals surface area contributed by atoms with Gasteiger partial charge in [0, 0.05) is 10.0 Å². The number of ether oxygens (including phenoxy) is 1. The summed E-state index contributed by atoms with van der Waals surface area (Å²) in [6.07, 6.45) is 1.05. The van der Waals surface area contributed by atoms with Gasteiger partial charge in [0.25, 0.3) is 5.91 Å². The molecule has 32 heavy (non-hydrogen) atoms.